The number of rotatable bonds is 11. The Bertz CT molecular complexity index is 1200. The van der Waals surface area contributed by atoms with Crippen LogP contribution in [0.4, 0.5) is 5.69 Å². The van der Waals surface area contributed by atoms with Crippen molar-refractivity contribution in [2.45, 2.75) is 51.4 Å². The van der Waals surface area contributed by atoms with E-state index in [2.05, 4.69) is 15.3 Å². The lowest BCUT2D eigenvalue weighted by molar-refractivity contribution is -0.143. The average Bonchev–Trinajstić information content (AvgIpc) is 2.90. The number of carbonyl (C=O) groups is 2. The van der Waals surface area contributed by atoms with Gasteiger partial charge in [0.05, 0.1) is 20.0 Å². The van der Waals surface area contributed by atoms with Crippen molar-refractivity contribution in [3.8, 4) is 11.5 Å². The molecule has 3 aromatic rings. The number of hydrogen-bond acceptors (Lipinski definition) is 7. The molecule has 37 heavy (non-hydrogen) atoms. The third-order valence-electron chi connectivity index (χ3n) is 6.21. The van der Waals surface area contributed by atoms with Crippen LogP contribution in [0.5, 0.6) is 11.5 Å². The Morgan fingerprint density at radius 3 is 2.00 bits per heavy atom. The van der Waals surface area contributed by atoms with Crippen molar-refractivity contribution in [3.05, 3.63) is 71.5 Å². The Kier molecular flexibility index (Phi) is 9.52. The fourth-order valence-corrected chi connectivity index (χ4v) is 4.65. The van der Waals surface area contributed by atoms with Gasteiger partial charge in [0.15, 0.2) is 5.16 Å². The summed E-state index contributed by atoms with van der Waals surface area (Å²) in [5.41, 5.74) is 2.09. The van der Waals surface area contributed by atoms with Crippen molar-refractivity contribution >= 4 is 29.3 Å². The highest BCUT2D eigenvalue weighted by atomic mass is 32.2. The first-order valence-electron chi connectivity index (χ1n) is 12.0. The Morgan fingerprint density at radius 2 is 1.49 bits per heavy atom. The minimum absolute atomic E-state index is 0.102. The number of benzene rings is 2. The first kappa shape index (κ1) is 28.0. The summed E-state index contributed by atoms with van der Waals surface area (Å²) in [5, 5.41) is 3.51. The predicted octanol–water partition coefficient (Wildman–Crippen LogP) is 5.04. The molecule has 0 saturated heterocycles. The first-order chi connectivity index (χ1) is 17.7. The summed E-state index contributed by atoms with van der Waals surface area (Å²) in [5.74, 6) is 1.06. The van der Waals surface area contributed by atoms with Crippen LogP contribution in [0.2, 0.25) is 0 Å². The molecule has 0 fully saturated rings. The predicted molar refractivity (Wildman–Crippen MR) is 146 cm³/mol. The molecule has 8 nitrogen and oxygen atoms in total. The molecule has 3 rings (SSSR count). The molecule has 1 aromatic heterocycles. The van der Waals surface area contributed by atoms with Crippen LogP contribution >= 0.6 is 11.8 Å². The van der Waals surface area contributed by atoms with Gasteiger partial charge in [-0.05, 0) is 75.2 Å². The second kappa shape index (κ2) is 12.6. The van der Waals surface area contributed by atoms with Crippen LogP contribution in [0.1, 0.15) is 37.2 Å². The number of aryl methyl sites for hydroxylation is 2. The van der Waals surface area contributed by atoms with Gasteiger partial charge in [-0.25, -0.2) is 9.97 Å². The molecule has 1 N–H and O–H groups in total. The zero-order valence-electron chi connectivity index (χ0n) is 22.2. The van der Waals surface area contributed by atoms with E-state index in [9.17, 15) is 9.59 Å². The summed E-state index contributed by atoms with van der Waals surface area (Å²) >= 11 is 1.27. The minimum atomic E-state index is -1.11. The number of amides is 2. The van der Waals surface area contributed by atoms with Gasteiger partial charge in [-0.1, -0.05) is 30.8 Å². The van der Waals surface area contributed by atoms with Crippen molar-refractivity contribution in [2.75, 3.05) is 25.3 Å². The summed E-state index contributed by atoms with van der Waals surface area (Å²) in [7, 11) is 3.19. The van der Waals surface area contributed by atoms with Crippen LogP contribution in [0.15, 0.2) is 59.8 Å². The highest BCUT2D eigenvalue weighted by Gasteiger charge is 2.40. The van der Waals surface area contributed by atoms with Crippen LogP contribution in [-0.4, -0.2) is 52.2 Å². The standard InChI is InChI=1S/C28H34N4O4S/c1-7-28(4,26(34)31-22-10-14-24(36-6)15-11-22)32(17-21-8-12-23(35-5)13-9-21)25(33)18-37-27-29-19(2)16-20(3)30-27/h8-16H,7,17-18H2,1-6H3,(H,31,34). The fraction of sp³-hybridized carbons (Fsp3) is 0.357. The minimum Gasteiger partial charge on any atom is -0.497 e. The van der Waals surface area contributed by atoms with E-state index in [0.717, 1.165) is 22.7 Å². The van der Waals surface area contributed by atoms with Gasteiger partial charge in [-0.15, -0.1) is 0 Å². The molecule has 2 aromatic carbocycles. The van der Waals surface area contributed by atoms with E-state index in [-0.39, 0.29) is 24.1 Å². The van der Waals surface area contributed by atoms with E-state index in [0.29, 0.717) is 23.0 Å². The van der Waals surface area contributed by atoms with E-state index in [1.807, 2.05) is 51.1 Å². The van der Waals surface area contributed by atoms with Crippen LogP contribution in [-0.2, 0) is 16.1 Å². The smallest absolute Gasteiger partial charge is 0.250 e. The van der Waals surface area contributed by atoms with Gasteiger partial charge in [0.2, 0.25) is 11.8 Å². The van der Waals surface area contributed by atoms with E-state index >= 15 is 0 Å². The number of nitrogens with zero attached hydrogens (tertiary/aromatic N) is 3. The van der Waals surface area contributed by atoms with E-state index in [1.165, 1.54) is 11.8 Å². The fourth-order valence-electron chi connectivity index (χ4n) is 3.83. The SMILES string of the molecule is CCC(C)(C(=O)Nc1ccc(OC)cc1)N(Cc1ccc(OC)cc1)C(=O)CSc1nc(C)cc(C)n1. The zero-order valence-corrected chi connectivity index (χ0v) is 23.0. The number of nitrogens with one attached hydrogen (secondary N) is 1. The van der Waals surface area contributed by atoms with E-state index < -0.39 is 5.54 Å². The maximum atomic E-state index is 13.7. The summed E-state index contributed by atoms with van der Waals surface area (Å²) in [6.07, 6.45) is 0.418. The molecule has 1 atom stereocenters. The monoisotopic (exact) mass is 522 g/mol. The largest absolute Gasteiger partial charge is 0.497 e. The van der Waals surface area contributed by atoms with Gasteiger partial charge < -0.3 is 19.7 Å². The van der Waals surface area contributed by atoms with Crippen molar-refractivity contribution in [3.63, 3.8) is 0 Å². The van der Waals surface area contributed by atoms with Gasteiger partial charge in [0, 0.05) is 23.6 Å². The number of anilines is 1. The molecule has 0 aliphatic rings. The molecule has 0 saturated carbocycles. The van der Waals surface area contributed by atoms with Gasteiger partial charge >= 0.3 is 0 Å². The number of hydrogen-bond donors (Lipinski definition) is 1. The molecule has 2 amide bonds. The average molecular weight is 523 g/mol. The summed E-state index contributed by atoms with van der Waals surface area (Å²) < 4.78 is 10.5. The molecule has 1 heterocycles. The van der Waals surface area contributed by atoms with Gasteiger partial charge in [0.1, 0.15) is 17.0 Å². The summed E-state index contributed by atoms with van der Waals surface area (Å²) in [4.78, 5) is 37.8. The molecule has 0 radical (unpaired) electrons. The molecule has 196 valence electrons. The van der Waals surface area contributed by atoms with Crippen molar-refractivity contribution in [2.24, 2.45) is 0 Å². The van der Waals surface area contributed by atoms with Gasteiger partial charge in [0.25, 0.3) is 0 Å². The Labute approximate surface area is 222 Å². The molecule has 0 aliphatic carbocycles. The van der Waals surface area contributed by atoms with Gasteiger partial charge in [-0.2, -0.15) is 0 Å². The quantitative estimate of drug-likeness (QED) is 0.279. The van der Waals surface area contributed by atoms with Crippen LogP contribution in [0.3, 0.4) is 0 Å². The second-order valence-electron chi connectivity index (χ2n) is 8.86. The highest BCUT2D eigenvalue weighted by molar-refractivity contribution is 7.99. The third-order valence-corrected chi connectivity index (χ3v) is 7.04. The normalized spacial score (nSPS) is 12.4. The molecule has 0 aliphatic heterocycles. The first-order valence-corrected chi connectivity index (χ1v) is 13.0. The second-order valence-corrected chi connectivity index (χ2v) is 9.80. The molecule has 0 spiro atoms. The lowest BCUT2D eigenvalue weighted by Crippen LogP contribution is -2.57. The van der Waals surface area contributed by atoms with Crippen molar-refractivity contribution in [1.29, 1.82) is 0 Å². The van der Waals surface area contributed by atoms with Crippen molar-refractivity contribution < 1.29 is 19.1 Å². The summed E-state index contributed by atoms with van der Waals surface area (Å²) in [6, 6.07) is 16.5. The maximum absolute atomic E-state index is 13.7. The Hall–Kier alpha value is -3.59. The lowest BCUT2D eigenvalue weighted by Gasteiger charge is -2.39. The molecular weight excluding hydrogens is 488 g/mol. The lowest BCUT2D eigenvalue weighted by atomic mass is 9.93. The number of aromatic nitrogens is 2. The van der Waals surface area contributed by atoms with E-state index in [4.69, 9.17) is 9.47 Å². The molecular formula is C28H34N4O4S. The van der Waals surface area contributed by atoms with Crippen molar-refractivity contribution in [1.82, 2.24) is 14.9 Å². The number of methoxy groups -OCH3 is 2. The Morgan fingerprint density at radius 1 is 0.946 bits per heavy atom. The summed E-state index contributed by atoms with van der Waals surface area (Å²) in [6.45, 7) is 7.76. The Balaban J connectivity index is 1.88. The van der Waals surface area contributed by atoms with E-state index in [1.54, 1.807) is 50.3 Å². The van der Waals surface area contributed by atoms with Gasteiger partial charge in [-0.3, -0.25) is 9.59 Å². The maximum Gasteiger partial charge on any atom is 0.250 e. The molecule has 9 heteroatoms. The number of ether oxygens (including phenoxy) is 2. The molecule has 1 unspecified atom stereocenters. The highest BCUT2D eigenvalue weighted by Crippen LogP contribution is 2.28. The third kappa shape index (κ3) is 7.22. The number of thioether (sulfide) groups is 1. The zero-order chi connectivity index (χ0) is 27.0. The topological polar surface area (TPSA) is 93.7 Å². The number of carbonyl (C=O) groups excluding carboxylic acids is 2. The molecule has 0 bridgehead atoms. The van der Waals surface area contributed by atoms with Crippen LogP contribution in [0.25, 0.3) is 0 Å². The van der Waals surface area contributed by atoms with Crippen LogP contribution in [0, 0.1) is 13.8 Å². The van der Waals surface area contributed by atoms with Crippen LogP contribution < -0.4 is 14.8 Å².